The molecule has 0 saturated carbocycles. The van der Waals surface area contributed by atoms with Gasteiger partial charge in [-0.25, -0.2) is 0 Å². The number of pyridine rings is 2. The Labute approximate surface area is 120 Å². The second kappa shape index (κ2) is 6.62. The fourth-order valence-corrected chi connectivity index (χ4v) is 3.03. The summed E-state index contributed by atoms with van der Waals surface area (Å²) in [5.74, 6) is 0.747. The molecule has 3 heteroatoms. The first kappa shape index (κ1) is 13.3. The van der Waals surface area contributed by atoms with Crippen LogP contribution in [0.2, 0.25) is 0 Å². The van der Waals surface area contributed by atoms with Crippen LogP contribution in [0.15, 0.2) is 48.9 Å². The second-order valence-electron chi connectivity index (χ2n) is 5.63. The van der Waals surface area contributed by atoms with Crippen LogP contribution in [0, 0.1) is 5.92 Å². The van der Waals surface area contributed by atoms with Crippen molar-refractivity contribution in [2.75, 3.05) is 13.1 Å². The van der Waals surface area contributed by atoms with Crippen molar-refractivity contribution in [2.24, 2.45) is 5.92 Å². The zero-order valence-electron chi connectivity index (χ0n) is 11.8. The molecule has 1 aliphatic rings. The molecule has 3 heterocycles. The van der Waals surface area contributed by atoms with Gasteiger partial charge in [0.25, 0.3) is 0 Å². The van der Waals surface area contributed by atoms with Crippen molar-refractivity contribution in [3.8, 4) is 0 Å². The largest absolute Gasteiger partial charge is 0.297 e. The van der Waals surface area contributed by atoms with Crippen LogP contribution in [0.4, 0.5) is 0 Å². The Hall–Kier alpha value is -1.74. The summed E-state index contributed by atoms with van der Waals surface area (Å²) in [6, 6.07) is 10.4. The Kier molecular flexibility index (Phi) is 4.38. The predicted molar refractivity (Wildman–Crippen MR) is 80.2 cm³/mol. The van der Waals surface area contributed by atoms with Crippen LogP contribution < -0.4 is 0 Å². The topological polar surface area (TPSA) is 29.0 Å². The van der Waals surface area contributed by atoms with Gasteiger partial charge in [0, 0.05) is 31.7 Å². The van der Waals surface area contributed by atoms with Crippen molar-refractivity contribution in [1.82, 2.24) is 14.9 Å². The van der Waals surface area contributed by atoms with Gasteiger partial charge in [-0.2, -0.15) is 0 Å². The molecule has 1 fully saturated rings. The standard InChI is InChI=1S/C17H21N3/c1-2-9-19-17(7-1)14-20-10-4-6-16(13-20)11-15-5-3-8-18-12-15/h1-3,5,7-9,12,16H,4,6,10-11,13-14H2. The van der Waals surface area contributed by atoms with E-state index in [-0.39, 0.29) is 0 Å². The van der Waals surface area contributed by atoms with Gasteiger partial charge in [0.05, 0.1) is 5.69 Å². The van der Waals surface area contributed by atoms with Gasteiger partial charge in [-0.1, -0.05) is 12.1 Å². The highest BCUT2D eigenvalue weighted by atomic mass is 15.1. The Morgan fingerprint density at radius 2 is 2.15 bits per heavy atom. The molecular formula is C17H21N3. The molecule has 0 aromatic carbocycles. The Balaban J connectivity index is 1.57. The Morgan fingerprint density at radius 3 is 2.95 bits per heavy atom. The number of aromatic nitrogens is 2. The summed E-state index contributed by atoms with van der Waals surface area (Å²) in [6.07, 6.45) is 9.49. The lowest BCUT2D eigenvalue weighted by Gasteiger charge is -2.32. The monoisotopic (exact) mass is 267 g/mol. The quantitative estimate of drug-likeness (QED) is 0.853. The van der Waals surface area contributed by atoms with Crippen molar-refractivity contribution in [3.63, 3.8) is 0 Å². The van der Waals surface area contributed by atoms with E-state index >= 15 is 0 Å². The third-order valence-corrected chi connectivity index (χ3v) is 3.96. The van der Waals surface area contributed by atoms with Crippen molar-refractivity contribution in [1.29, 1.82) is 0 Å². The molecule has 0 N–H and O–H groups in total. The molecule has 1 atom stereocenters. The Morgan fingerprint density at radius 1 is 1.15 bits per heavy atom. The van der Waals surface area contributed by atoms with Gasteiger partial charge >= 0.3 is 0 Å². The van der Waals surface area contributed by atoms with E-state index in [0.717, 1.165) is 18.9 Å². The molecule has 2 aromatic heterocycles. The van der Waals surface area contributed by atoms with E-state index in [1.807, 2.05) is 30.7 Å². The summed E-state index contributed by atoms with van der Waals surface area (Å²) in [7, 11) is 0. The van der Waals surface area contributed by atoms with Crippen molar-refractivity contribution in [3.05, 3.63) is 60.2 Å². The van der Waals surface area contributed by atoms with Gasteiger partial charge in [-0.3, -0.25) is 14.9 Å². The maximum Gasteiger partial charge on any atom is 0.0543 e. The average molecular weight is 267 g/mol. The van der Waals surface area contributed by atoms with E-state index in [1.165, 1.54) is 37.2 Å². The van der Waals surface area contributed by atoms with E-state index in [9.17, 15) is 0 Å². The maximum atomic E-state index is 4.43. The van der Waals surface area contributed by atoms with Crippen LogP contribution in [-0.2, 0) is 13.0 Å². The summed E-state index contributed by atoms with van der Waals surface area (Å²) in [4.78, 5) is 11.2. The van der Waals surface area contributed by atoms with Crippen LogP contribution in [-0.4, -0.2) is 28.0 Å². The number of piperidine rings is 1. The van der Waals surface area contributed by atoms with E-state index in [4.69, 9.17) is 0 Å². The molecule has 20 heavy (non-hydrogen) atoms. The highest BCUT2D eigenvalue weighted by Gasteiger charge is 2.20. The fourth-order valence-electron chi connectivity index (χ4n) is 3.03. The molecule has 0 aliphatic carbocycles. The summed E-state index contributed by atoms with van der Waals surface area (Å²) < 4.78 is 0. The molecule has 0 amide bonds. The van der Waals surface area contributed by atoms with Gasteiger partial charge < -0.3 is 0 Å². The molecule has 1 saturated heterocycles. The summed E-state index contributed by atoms with van der Waals surface area (Å²) in [5.41, 5.74) is 2.53. The summed E-state index contributed by atoms with van der Waals surface area (Å²) in [5, 5.41) is 0. The van der Waals surface area contributed by atoms with Crippen LogP contribution >= 0.6 is 0 Å². The molecule has 2 aromatic rings. The number of rotatable bonds is 4. The van der Waals surface area contributed by atoms with E-state index in [1.54, 1.807) is 0 Å². The molecular weight excluding hydrogens is 246 g/mol. The molecule has 0 spiro atoms. The van der Waals surface area contributed by atoms with Gasteiger partial charge in [-0.15, -0.1) is 0 Å². The normalized spacial score (nSPS) is 19.9. The highest BCUT2D eigenvalue weighted by Crippen LogP contribution is 2.21. The van der Waals surface area contributed by atoms with Gasteiger partial charge in [0.2, 0.25) is 0 Å². The Bertz CT molecular complexity index is 465. The van der Waals surface area contributed by atoms with Gasteiger partial charge in [0.1, 0.15) is 0 Å². The van der Waals surface area contributed by atoms with Gasteiger partial charge in [0.15, 0.2) is 0 Å². The SMILES string of the molecule is c1ccc(CN2CCCC(Cc3cccnc3)C2)nc1. The predicted octanol–water partition coefficient (Wildman–Crippen LogP) is 2.93. The lowest BCUT2D eigenvalue weighted by Crippen LogP contribution is -2.35. The van der Waals surface area contributed by atoms with E-state index < -0.39 is 0 Å². The van der Waals surface area contributed by atoms with Crippen molar-refractivity contribution >= 4 is 0 Å². The second-order valence-corrected chi connectivity index (χ2v) is 5.63. The minimum Gasteiger partial charge on any atom is -0.297 e. The van der Waals surface area contributed by atoms with E-state index in [2.05, 4.69) is 33.1 Å². The zero-order valence-corrected chi connectivity index (χ0v) is 11.8. The molecule has 0 radical (unpaired) electrons. The third-order valence-electron chi connectivity index (χ3n) is 3.96. The summed E-state index contributed by atoms with van der Waals surface area (Å²) >= 11 is 0. The molecule has 3 nitrogen and oxygen atoms in total. The molecule has 0 bridgehead atoms. The fraction of sp³-hybridized carbons (Fsp3) is 0.412. The number of hydrogen-bond acceptors (Lipinski definition) is 3. The van der Waals surface area contributed by atoms with E-state index in [0.29, 0.717) is 0 Å². The van der Waals surface area contributed by atoms with Crippen LogP contribution in [0.3, 0.4) is 0 Å². The number of hydrogen-bond donors (Lipinski definition) is 0. The lowest BCUT2D eigenvalue weighted by atomic mass is 9.92. The first-order valence-electron chi connectivity index (χ1n) is 7.41. The van der Waals surface area contributed by atoms with Crippen molar-refractivity contribution in [2.45, 2.75) is 25.8 Å². The smallest absolute Gasteiger partial charge is 0.0543 e. The zero-order chi connectivity index (χ0) is 13.6. The third kappa shape index (κ3) is 3.64. The van der Waals surface area contributed by atoms with Crippen LogP contribution in [0.25, 0.3) is 0 Å². The minimum atomic E-state index is 0.747. The lowest BCUT2D eigenvalue weighted by molar-refractivity contribution is 0.165. The molecule has 1 unspecified atom stereocenters. The van der Waals surface area contributed by atoms with Crippen molar-refractivity contribution < 1.29 is 0 Å². The molecule has 3 rings (SSSR count). The van der Waals surface area contributed by atoms with Gasteiger partial charge in [-0.05, 0) is 55.5 Å². The first-order valence-corrected chi connectivity index (χ1v) is 7.41. The maximum absolute atomic E-state index is 4.43. The molecule has 104 valence electrons. The average Bonchev–Trinajstić information content (AvgIpc) is 2.50. The molecule has 1 aliphatic heterocycles. The number of nitrogens with zero attached hydrogens (tertiary/aromatic N) is 3. The van der Waals surface area contributed by atoms with Crippen LogP contribution in [0.5, 0.6) is 0 Å². The summed E-state index contributed by atoms with van der Waals surface area (Å²) in [6.45, 7) is 3.34. The highest BCUT2D eigenvalue weighted by molar-refractivity contribution is 5.10. The number of likely N-dealkylation sites (tertiary alicyclic amines) is 1. The van der Waals surface area contributed by atoms with Crippen LogP contribution in [0.1, 0.15) is 24.1 Å². The first-order chi connectivity index (χ1) is 9.90. The minimum absolute atomic E-state index is 0.747.